The van der Waals surface area contributed by atoms with Crippen molar-refractivity contribution in [1.29, 1.82) is 5.26 Å². The lowest BCUT2D eigenvalue weighted by atomic mass is 10.1. The molecule has 3 rings (SSSR count). The summed E-state index contributed by atoms with van der Waals surface area (Å²) in [4.78, 5) is 16.9. The minimum Gasteiger partial charge on any atom is -0.458 e. The first-order valence-electron chi connectivity index (χ1n) is 12.1. The number of benzene rings is 1. The van der Waals surface area contributed by atoms with E-state index < -0.39 is 67.6 Å². The fraction of sp³-hybridized carbons (Fsp3) is 0.423. The largest absolute Gasteiger partial charge is 0.458 e. The zero-order valence-corrected chi connectivity index (χ0v) is 23.1. The van der Waals surface area contributed by atoms with Crippen LogP contribution in [0.4, 0.5) is 8.78 Å². The third-order valence-electron chi connectivity index (χ3n) is 5.93. The van der Waals surface area contributed by atoms with E-state index in [9.17, 15) is 31.3 Å². The van der Waals surface area contributed by atoms with Gasteiger partial charge >= 0.3 is 0 Å². The van der Waals surface area contributed by atoms with Crippen molar-refractivity contribution in [2.24, 2.45) is 5.92 Å². The number of sulfone groups is 2. The van der Waals surface area contributed by atoms with Crippen molar-refractivity contribution in [3.63, 3.8) is 0 Å². The fourth-order valence-electron chi connectivity index (χ4n) is 3.65. The number of nitriles is 1. The lowest BCUT2D eigenvalue weighted by Crippen LogP contribution is -2.49. The Morgan fingerprint density at radius 1 is 1.20 bits per heavy atom. The van der Waals surface area contributed by atoms with Crippen LogP contribution >= 0.6 is 0 Å². The minimum atomic E-state index is -3.86. The molecular formula is C26H28F2N4O6S2. The Kier molecular flexibility index (Phi) is 10.2. The number of rotatable bonds is 13. The van der Waals surface area contributed by atoms with Gasteiger partial charge in [-0.3, -0.25) is 15.1 Å². The van der Waals surface area contributed by atoms with Crippen LogP contribution in [-0.4, -0.2) is 70.9 Å². The minimum absolute atomic E-state index is 0.00527. The van der Waals surface area contributed by atoms with Crippen molar-refractivity contribution >= 4 is 25.6 Å². The molecule has 0 spiro atoms. The van der Waals surface area contributed by atoms with Gasteiger partial charge in [-0.1, -0.05) is 17.9 Å². The molecule has 40 heavy (non-hydrogen) atoms. The molecule has 1 aromatic carbocycles. The van der Waals surface area contributed by atoms with Gasteiger partial charge in [0.15, 0.2) is 19.7 Å². The number of halogens is 2. The van der Waals surface area contributed by atoms with Crippen LogP contribution < -0.4 is 15.4 Å². The number of nitrogens with one attached hydrogen (secondary N) is 2. The number of amides is 1. The molecule has 3 atom stereocenters. The maximum absolute atomic E-state index is 15.1. The average Bonchev–Trinajstić information content (AvgIpc) is 3.67. The first-order chi connectivity index (χ1) is 18.9. The van der Waals surface area contributed by atoms with Crippen LogP contribution in [0.3, 0.4) is 0 Å². The van der Waals surface area contributed by atoms with Gasteiger partial charge in [-0.15, -0.1) is 0 Å². The predicted molar refractivity (Wildman–Crippen MR) is 142 cm³/mol. The molecule has 1 heterocycles. The first kappa shape index (κ1) is 30.9. The molecule has 0 radical (unpaired) electrons. The van der Waals surface area contributed by atoms with Crippen LogP contribution in [-0.2, 0) is 30.2 Å². The van der Waals surface area contributed by atoms with E-state index >= 15 is 4.39 Å². The molecule has 1 aliphatic carbocycles. The molecule has 214 valence electrons. The second-order valence-electron chi connectivity index (χ2n) is 9.35. The predicted octanol–water partition coefficient (Wildman–Crippen LogP) is 1.49. The van der Waals surface area contributed by atoms with E-state index in [-0.39, 0.29) is 17.2 Å². The topological polar surface area (TPSA) is 155 Å². The maximum atomic E-state index is 15.1. The number of hydrogen-bond acceptors (Lipinski definition) is 9. The van der Waals surface area contributed by atoms with Crippen LogP contribution in [0.25, 0.3) is 0 Å². The normalized spacial score (nSPS) is 16.4. The molecule has 0 aliphatic heterocycles. The van der Waals surface area contributed by atoms with Crippen molar-refractivity contribution in [2.75, 3.05) is 25.2 Å². The molecule has 1 aliphatic rings. The third kappa shape index (κ3) is 9.26. The quantitative estimate of drug-likeness (QED) is 0.328. The lowest BCUT2D eigenvalue weighted by molar-refractivity contribution is -0.125. The summed E-state index contributed by atoms with van der Waals surface area (Å²) in [5.41, 5.74) is -0.657. The van der Waals surface area contributed by atoms with Crippen molar-refractivity contribution in [3.8, 4) is 23.7 Å². The summed E-state index contributed by atoms with van der Waals surface area (Å²) in [6.45, 7) is -1.48. The van der Waals surface area contributed by atoms with Gasteiger partial charge in [0.2, 0.25) is 5.91 Å². The maximum Gasteiger partial charge on any atom is 0.264 e. The highest BCUT2D eigenvalue weighted by molar-refractivity contribution is 7.91. The summed E-state index contributed by atoms with van der Waals surface area (Å²) in [7, 11) is -7.35. The summed E-state index contributed by atoms with van der Waals surface area (Å²) in [5.74, 6) is 1.39. The van der Waals surface area contributed by atoms with Crippen LogP contribution in [0.5, 0.6) is 5.75 Å². The number of nitrogens with zero attached hydrogens (tertiary/aromatic N) is 2. The molecule has 1 fully saturated rings. The van der Waals surface area contributed by atoms with Crippen molar-refractivity contribution in [1.82, 2.24) is 15.6 Å². The standard InChI is InChI=1S/C26H28F2N4O6S2/c1-39(34,35)22-8-6-21(7-9-22)38-24(28)23(5-2-12-27)31-15-20(25(33)32-26(18-29)10-11-26)17-40(36,37)16-19-4-3-13-30-14-19/h3-4,6-9,13-14,20,23-24,31H,10-12,15-17H2,1H3,(H,32,33)/t20?,23?,24-/m1/s1. The second-order valence-corrected chi connectivity index (χ2v) is 13.5. The molecule has 1 aromatic heterocycles. The first-order valence-corrected chi connectivity index (χ1v) is 15.8. The highest BCUT2D eigenvalue weighted by Crippen LogP contribution is 2.34. The number of pyridine rings is 1. The van der Waals surface area contributed by atoms with Crippen LogP contribution in [0, 0.1) is 29.1 Å². The number of ether oxygens (including phenoxy) is 1. The summed E-state index contributed by atoms with van der Waals surface area (Å²) < 4.78 is 82.3. The Morgan fingerprint density at radius 3 is 2.45 bits per heavy atom. The van der Waals surface area contributed by atoms with E-state index in [0.29, 0.717) is 18.4 Å². The number of alkyl halides is 2. The van der Waals surface area contributed by atoms with Gasteiger partial charge in [0.25, 0.3) is 6.36 Å². The van der Waals surface area contributed by atoms with Gasteiger partial charge < -0.3 is 10.1 Å². The summed E-state index contributed by atoms with van der Waals surface area (Å²) >= 11 is 0. The van der Waals surface area contributed by atoms with E-state index in [2.05, 4.69) is 27.5 Å². The Bertz CT molecular complexity index is 1500. The third-order valence-corrected chi connectivity index (χ3v) is 8.74. The van der Waals surface area contributed by atoms with E-state index in [0.717, 1.165) is 6.26 Å². The average molecular weight is 595 g/mol. The summed E-state index contributed by atoms with van der Waals surface area (Å²) in [6, 6.07) is 8.59. The Hall–Kier alpha value is -3.59. The van der Waals surface area contributed by atoms with Gasteiger partial charge in [-0.25, -0.2) is 21.2 Å². The van der Waals surface area contributed by atoms with Crippen LogP contribution in [0.2, 0.25) is 0 Å². The van der Waals surface area contributed by atoms with E-state index in [4.69, 9.17) is 4.74 Å². The number of carbonyl (C=O) groups is 1. The summed E-state index contributed by atoms with van der Waals surface area (Å²) in [5, 5.41) is 14.6. The number of aromatic nitrogens is 1. The molecule has 1 saturated carbocycles. The smallest absolute Gasteiger partial charge is 0.264 e. The molecule has 2 aromatic rings. The molecule has 0 saturated heterocycles. The van der Waals surface area contributed by atoms with E-state index in [1.807, 2.05) is 6.07 Å². The zero-order valence-electron chi connectivity index (χ0n) is 21.5. The van der Waals surface area contributed by atoms with E-state index in [1.54, 1.807) is 12.1 Å². The van der Waals surface area contributed by atoms with Crippen molar-refractivity contribution in [2.45, 2.75) is 41.4 Å². The molecule has 2 unspecified atom stereocenters. The van der Waals surface area contributed by atoms with Crippen molar-refractivity contribution < 1.29 is 35.1 Å². The monoisotopic (exact) mass is 594 g/mol. The summed E-state index contributed by atoms with van der Waals surface area (Å²) in [6.07, 6.45) is 2.52. The molecule has 10 nitrogen and oxygen atoms in total. The molecule has 14 heteroatoms. The fourth-order valence-corrected chi connectivity index (χ4v) is 5.96. The Balaban J connectivity index is 1.75. The Labute approximate surface area is 232 Å². The molecule has 0 bridgehead atoms. The molecule has 2 N–H and O–H groups in total. The lowest BCUT2D eigenvalue weighted by Gasteiger charge is -2.23. The van der Waals surface area contributed by atoms with Gasteiger partial charge in [0.05, 0.1) is 28.4 Å². The SMILES string of the molecule is CS(=O)(=O)c1ccc(O[C@@H](F)C(C#CCF)NCC(CS(=O)(=O)Cc2cccnc2)C(=O)NC2(C#N)CC2)cc1. The van der Waals surface area contributed by atoms with Gasteiger partial charge in [0, 0.05) is 25.2 Å². The highest BCUT2D eigenvalue weighted by atomic mass is 32.2. The van der Waals surface area contributed by atoms with Crippen molar-refractivity contribution in [3.05, 3.63) is 54.4 Å². The van der Waals surface area contributed by atoms with E-state index in [1.165, 1.54) is 36.7 Å². The van der Waals surface area contributed by atoms with Crippen LogP contribution in [0.15, 0.2) is 53.7 Å². The Morgan fingerprint density at radius 2 is 1.90 bits per heavy atom. The molecular weight excluding hydrogens is 566 g/mol. The number of hydrogen-bond donors (Lipinski definition) is 2. The second kappa shape index (κ2) is 13.2. The molecule has 1 amide bonds. The van der Waals surface area contributed by atoms with Gasteiger partial charge in [-0.05, 0) is 48.7 Å². The van der Waals surface area contributed by atoms with Gasteiger partial charge in [-0.2, -0.15) is 9.65 Å². The zero-order chi connectivity index (χ0) is 29.4. The number of carbonyl (C=O) groups excluding carboxylic acids is 1. The highest BCUT2D eigenvalue weighted by Gasteiger charge is 2.46. The van der Waals surface area contributed by atoms with Gasteiger partial charge in [0.1, 0.15) is 24.0 Å². The van der Waals surface area contributed by atoms with Crippen LogP contribution in [0.1, 0.15) is 18.4 Å².